The molecule has 0 aliphatic heterocycles. The summed E-state index contributed by atoms with van der Waals surface area (Å²) in [7, 11) is -5.23. The van der Waals surface area contributed by atoms with Gasteiger partial charge in [-0.1, -0.05) is 0 Å². The van der Waals surface area contributed by atoms with Crippen LogP contribution in [0.1, 0.15) is 12.8 Å². The van der Waals surface area contributed by atoms with Crippen molar-refractivity contribution in [1.82, 2.24) is 0 Å². The molecule has 0 amide bonds. The van der Waals surface area contributed by atoms with E-state index in [9.17, 15) is 34.8 Å². The average Bonchev–Trinajstić information content (AvgIpc) is 2.42. The van der Waals surface area contributed by atoms with Crippen LogP contribution in [0.5, 0.6) is 0 Å². The van der Waals surface area contributed by atoms with Crippen LogP contribution in [0.4, 0.5) is 26.3 Å². The van der Waals surface area contributed by atoms with Gasteiger partial charge >= 0.3 is 12.4 Å². The lowest BCUT2D eigenvalue weighted by Gasteiger charge is -2.31. The van der Waals surface area contributed by atoms with Gasteiger partial charge in [0.05, 0.1) is 32.3 Å². The molecule has 6 nitrogen and oxygen atoms in total. The Bertz CT molecular complexity index is 810. The van der Waals surface area contributed by atoms with Crippen molar-refractivity contribution in [3.05, 3.63) is 45.3 Å². The van der Waals surface area contributed by atoms with Gasteiger partial charge in [0.1, 0.15) is 0 Å². The van der Waals surface area contributed by atoms with Gasteiger partial charge in [-0.05, 0) is 24.3 Å². The highest BCUT2D eigenvalue weighted by atomic mass is 32.2. The number of alkyl halides is 6. The number of hydrogen-bond acceptors (Lipinski definition) is 6. The van der Waals surface area contributed by atoms with Crippen molar-refractivity contribution in [2.45, 2.75) is 36.5 Å². The predicted molar refractivity (Wildman–Crippen MR) is 84.8 cm³/mol. The van der Waals surface area contributed by atoms with Crippen LogP contribution in [-0.4, -0.2) is 32.1 Å². The second-order valence-corrected chi connectivity index (χ2v) is 8.32. The first-order chi connectivity index (χ1) is 11.9. The van der Waals surface area contributed by atoms with Gasteiger partial charge in [-0.3, -0.25) is 0 Å². The molecule has 2 aliphatic carbocycles. The second-order valence-electron chi connectivity index (χ2n) is 6.43. The van der Waals surface area contributed by atoms with Gasteiger partial charge in [-0.25, -0.2) is 8.42 Å². The van der Waals surface area contributed by atoms with Crippen molar-refractivity contribution in [3.8, 4) is 0 Å². The van der Waals surface area contributed by atoms with Crippen molar-refractivity contribution in [1.29, 1.82) is 0 Å². The van der Waals surface area contributed by atoms with Crippen molar-refractivity contribution >= 4 is 9.84 Å². The Morgan fingerprint density at radius 1 is 0.741 bits per heavy atom. The Hall–Kier alpha value is -1.67. The summed E-state index contributed by atoms with van der Waals surface area (Å²) in [6.45, 7) is 0. The van der Waals surface area contributed by atoms with E-state index < -0.39 is 67.3 Å². The molecule has 0 aromatic rings. The van der Waals surface area contributed by atoms with E-state index >= 15 is 0 Å². The van der Waals surface area contributed by atoms with Gasteiger partial charge in [-0.2, -0.15) is 26.3 Å². The number of halogens is 6. The maximum atomic E-state index is 13.3. The van der Waals surface area contributed by atoms with Gasteiger partial charge in [0, 0.05) is 12.8 Å². The van der Waals surface area contributed by atoms with E-state index in [-0.39, 0.29) is 0 Å². The molecule has 0 radical (unpaired) electrons. The molecule has 0 aromatic heterocycles. The fourth-order valence-electron chi connectivity index (χ4n) is 2.67. The summed E-state index contributed by atoms with van der Waals surface area (Å²) in [5.41, 5.74) is 14.3. The molecule has 27 heavy (non-hydrogen) atoms. The van der Waals surface area contributed by atoms with Crippen molar-refractivity contribution in [3.63, 3.8) is 0 Å². The topological polar surface area (TPSA) is 138 Å². The minimum absolute atomic E-state index is 0.462. The molecule has 13 heteroatoms. The predicted octanol–water partition coefficient (Wildman–Crippen LogP) is 1.18. The SMILES string of the molecule is NC1(N)C=CC(S(=O)(=O)C2=C(C(F)(F)F)CC(N)(N)C=C2)=C(C(F)(F)F)C1. The van der Waals surface area contributed by atoms with Crippen LogP contribution in [0.3, 0.4) is 0 Å². The Morgan fingerprint density at radius 2 is 1.04 bits per heavy atom. The molecule has 0 saturated heterocycles. The molecule has 0 atom stereocenters. The molecule has 0 saturated carbocycles. The number of hydrogen-bond donors (Lipinski definition) is 4. The lowest BCUT2D eigenvalue weighted by Crippen LogP contribution is -2.51. The van der Waals surface area contributed by atoms with Gasteiger partial charge in [0.15, 0.2) is 0 Å². The van der Waals surface area contributed by atoms with Crippen LogP contribution in [-0.2, 0) is 9.84 Å². The third-order valence-corrected chi connectivity index (χ3v) is 5.84. The fraction of sp³-hybridized carbons (Fsp3) is 0.429. The molecule has 0 fully saturated rings. The summed E-state index contributed by atoms with van der Waals surface area (Å²) < 4.78 is 105. The fourth-order valence-corrected chi connectivity index (χ4v) is 4.43. The lowest BCUT2D eigenvalue weighted by molar-refractivity contribution is -0.0962. The highest BCUT2D eigenvalue weighted by molar-refractivity contribution is 7.99. The highest BCUT2D eigenvalue weighted by Gasteiger charge is 2.48. The van der Waals surface area contributed by atoms with E-state index in [1.54, 1.807) is 0 Å². The first-order valence-corrected chi connectivity index (χ1v) is 8.75. The lowest BCUT2D eigenvalue weighted by atomic mass is 9.95. The molecule has 2 rings (SSSR count). The Kier molecular flexibility index (Phi) is 4.94. The van der Waals surface area contributed by atoms with Gasteiger partial charge in [0.2, 0.25) is 9.84 Å². The van der Waals surface area contributed by atoms with E-state index in [1.807, 2.05) is 0 Å². The van der Waals surface area contributed by atoms with Gasteiger partial charge in [-0.15, -0.1) is 0 Å². The molecule has 0 heterocycles. The number of rotatable bonds is 2. The van der Waals surface area contributed by atoms with E-state index in [4.69, 9.17) is 22.9 Å². The number of nitrogens with two attached hydrogens (primary N) is 4. The van der Waals surface area contributed by atoms with Crippen LogP contribution in [0.2, 0.25) is 0 Å². The third-order valence-electron chi connectivity index (χ3n) is 3.91. The van der Waals surface area contributed by atoms with E-state index in [1.165, 1.54) is 0 Å². The molecule has 2 aliphatic rings. The summed E-state index contributed by atoms with van der Waals surface area (Å²) in [5.74, 6) is 0. The molecule has 0 bridgehead atoms. The Labute approximate surface area is 150 Å². The maximum absolute atomic E-state index is 13.3. The zero-order chi connectivity index (χ0) is 21.1. The normalized spacial score (nSPS) is 23.2. The number of sulfone groups is 1. The zero-order valence-electron chi connectivity index (χ0n) is 13.5. The van der Waals surface area contributed by atoms with Gasteiger partial charge < -0.3 is 22.9 Å². The molecule has 0 aromatic carbocycles. The summed E-state index contributed by atoms with van der Waals surface area (Å²) in [6, 6.07) is 0. The van der Waals surface area contributed by atoms with Crippen molar-refractivity contribution < 1.29 is 34.8 Å². The first kappa shape index (κ1) is 21.6. The van der Waals surface area contributed by atoms with Crippen LogP contribution < -0.4 is 22.9 Å². The van der Waals surface area contributed by atoms with Crippen molar-refractivity contribution in [2.75, 3.05) is 0 Å². The van der Waals surface area contributed by atoms with Crippen LogP contribution in [0.25, 0.3) is 0 Å². The zero-order valence-corrected chi connectivity index (χ0v) is 14.3. The van der Waals surface area contributed by atoms with E-state index in [0.29, 0.717) is 12.2 Å². The summed E-state index contributed by atoms with van der Waals surface area (Å²) >= 11 is 0. The molecule has 0 spiro atoms. The smallest absolute Gasteiger partial charge is 0.310 e. The van der Waals surface area contributed by atoms with Crippen LogP contribution >= 0.6 is 0 Å². The minimum atomic E-state index is -5.23. The minimum Gasteiger partial charge on any atom is -0.310 e. The molecule has 152 valence electrons. The second kappa shape index (κ2) is 6.17. The van der Waals surface area contributed by atoms with E-state index in [0.717, 1.165) is 12.2 Å². The average molecular weight is 418 g/mol. The standard InChI is InChI=1S/C14H16F6N4O2S/c15-13(16,17)7-5-11(21,22)3-1-9(7)27(25,26)10-2-4-12(23,24)6-8(10)14(18,19)20/h1-4H,5-6,21-24H2. The van der Waals surface area contributed by atoms with Gasteiger partial charge in [0.25, 0.3) is 0 Å². The summed E-state index contributed by atoms with van der Waals surface area (Å²) in [4.78, 5) is -2.71. The molecular weight excluding hydrogens is 402 g/mol. The molecular formula is C14H16F6N4O2S. The number of allylic oxidation sites excluding steroid dienone is 2. The Balaban J connectivity index is 2.76. The monoisotopic (exact) mass is 418 g/mol. The molecule has 8 N–H and O–H groups in total. The maximum Gasteiger partial charge on any atom is 0.414 e. The van der Waals surface area contributed by atoms with Crippen LogP contribution in [0, 0.1) is 0 Å². The largest absolute Gasteiger partial charge is 0.414 e. The first-order valence-electron chi connectivity index (χ1n) is 7.27. The highest BCUT2D eigenvalue weighted by Crippen LogP contribution is 2.44. The third kappa shape index (κ3) is 4.43. The molecule has 0 unspecified atom stereocenters. The Morgan fingerprint density at radius 3 is 1.30 bits per heavy atom. The summed E-state index contributed by atoms with van der Waals surface area (Å²) in [6.07, 6.45) is -10.1. The quantitative estimate of drug-likeness (QED) is 0.392. The van der Waals surface area contributed by atoms with E-state index in [2.05, 4.69) is 0 Å². The summed E-state index contributed by atoms with van der Waals surface area (Å²) in [5, 5.41) is 0. The van der Waals surface area contributed by atoms with Crippen molar-refractivity contribution in [2.24, 2.45) is 22.9 Å². The van der Waals surface area contributed by atoms with Crippen LogP contribution in [0.15, 0.2) is 45.3 Å².